The number of hydrogen-bond donors (Lipinski definition) is 2. The van der Waals surface area contributed by atoms with E-state index in [1.807, 2.05) is 6.92 Å². The van der Waals surface area contributed by atoms with Crippen molar-refractivity contribution in [3.05, 3.63) is 0 Å². The first kappa shape index (κ1) is 10.7. The van der Waals surface area contributed by atoms with Gasteiger partial charge in [-0.25, -0.2) is 4.79 Å². The smallest absolute Gasteiger partial charge is 0.407 e. The van der Waals surface area contributed by atoms with Crippen LogP contribution in [0.5, 0.6) is 0 Å². The lowest BCUT2D eigenvalue weighted by Gasteiger charge is -2.19. The van der Waals surface area contributed by atoms with Crippen molar-refractivity contribution in [3.63, 3.8) is 0 Å². The van der Waals surface area contributed by atoms with Crippen molar-refractivity contribution >= 4 is 6.09 Å². The van der Waals surface area contributed by atoms with Gasteiger partial charge in [-0.2, -0.15) is 5.26 Å². The molecular formula is C7H13N3O2. The first-order valence-electron chi connectivity index (χ1n) is 3.72. The van der Waals surface area contributed by atoms with Gasteiger partial charge in [0, 0.05) is 6.42 Å². The van der Waals surface area contributed by atoms with Gasteiger partial charge in [-0.3, -0.25) is 5.73 Å². The number of nitrogens with zero attached hydrogens (tertiary/aromatic N) is 1. The summed E-state index contributed by atoms with van der Waals surface area (Å²) in [7, 11) is 0. The predicted molar refractivity (Wildman–Crippen MR) is 42.7 cm³/mol. The van der Waals surface area contributed by atoms with Crippen molar-refractivity contribution in [3.8, 4) is 6.07 Å². The molecule has 0 bridgehead atoms. The average Bonchev–Trinajstić information content (AvgIpc) is 2.00. The second kappa shape index (κ2) is 4.57. The minimum atomic E-state index is -1.55. The summed E-state index contributed by atoms with van der Waals surface area (Å²) in [5.74, 6) is 0. The molecule has 0 aliphatic rings. The van der Waals surface area contributed by atoms with Crippen LogP contribution in [0.2, 0.25) is 0 Å². The largest absolute Gasteiger partial charge is 0.414 e. The highest BCUT2D eigenvalue weighted by atomic mass is 16.6. The summed E-state index contributed by atoms with van der Waals surface area (Å²) < 4.78 is 4.44. The molecule has 0 aromatic heterocycles. The van der Waals surface area contributed by atoms with Gasteiger partial charge < -0.3 is 10.5 Å². The first-order chi connectivity index (χ1) is 5.54. The maximum absolute atomic E-state index is 10.3. The highest BCUT2D eigenvalue weighted by Gasteiger charge is 2.27. The molecule has 68 valence electrons. The van der Waals surface area contributed by atoms with E-state index >= 15 is 0 Å². The normalized spacial score (nSPS) is 14.4. The minimum Gasteiger partial charge on any atom is -0.414 e. The summed E-state index contributed by atoms with van der Waals surface area (Å²) in [6.45, 7) is 1.95. The lowest BCUT2D eigenvalue weighted by atomic mass is 10.1. The first-order valence-corrected chi connectivity index (χ1v) is 3.72. The predicted octanol–water partition coefficient (Wildman–Crippen LogP) is 0.450. The second-order valence-electron chi connectivity index (χ2n) is 2.53. The molecule has 0 heterocycles. The summed E-state index contributed by atoms with van der Waals surface area (Å²) in [6, 6.07) is 1.70. The van der Waals surface area contributed by atoms with Gasteiger partial charge in [-0.1, -0.05) is 13.3 Å². The zero-order chi connectivity index (χ0) is 9.61. The van der Waals surface area contributed by atoms with Gasteiger partial charge in [0.05, 0.1) is 0 Å². The molecule has 1 amide bonds. The van der Waals surface area contributed by atoms with Gasteiger partial charge in [0.2, 0.25) is 0 Å². The Kier molecular flexibility index (Phi) is 4.08. The zero-order valence-corrected chi connectivity index (χ0v) is 7.04. The Morgan fingerprint density at radius 1 is 1.75 bits per heavy atom. The van der Waals surface area contributed by atoms with E-state index in [4.69, 9.17) is 16.7 Å². The number of carbonyl (C=O) groups is 1. The van der Waals surface area contributed by atoms with Crippen molar-refractivity contribution < 1.29 is 9.53 Å². The summed E-state index contributed by atoms with van der Waals surface area (Å²) >= 11 is 0. The molecule has 1 atom stereocenters. The lowest BCUT2D eigenvalue weighted by Crippen LogP contribution is -2.44. The van der Waals surface area contributed by atoms with E-state index in [9.17, 15) is 4.79 Å². The molecule has 0 aliphatic carbocycles. The molecule has 1 unspecified atom stereocenters. The van der Waals surface area contributed by atoms with Crippen molar-refractivity contribution in [2.75, 3.05) is 0 Å². The van der Waals surface area contributed by atoms with E-state index in [0.29, 0.717) is 6.42 Å². The van der Waals surface area contributed by atoms with Crippen molar-refractivity contribution in [2.24, 2.45) is 11.5 Å². The topological polar surface area (TPSA) is 102 Å². The number of carbonyl (C=O) groups excluding carboxylic acids is 1. The molecule has 0 rings (SSSR count). The van der Waals surface area contributed by atoms with E-state index in [1.54, 1.807) is 6.07 Å². The van der Waals surface area contributed by atoms with Gasteiger partial charge in [-0.05, 0) is 6.42 Å². The highest BCUT2D eigenvalue weighted by molar-refractivity contribution is 5.65. The van der Waals surface area contributed by atoms with E-state index in [2.05, 4.69) is 4.74 Å². The van der Waals surface area contributed by atoms with Crippen LogP contribution in [0, 0.1) is 11.3 Å². The fraction of sp³-hybridized carbons (Fsp3) is 0.714. The molecular weight excluding hydrogens is 158 g/mol. The number of ether oxygens (including phenoxy) is 1. The third kappa shape index (κ3) is 3.78. The number of nitriles is 1. The Hall–Kier alpha value is -1.28. The maximum Gasteiger partial charge on any atom is 0.407 e. The number of amides is 1. The summed E-state index contributed by atoms with van der Waals surface area (Å²) in [5, 5.41) is 8.55. The quantitative estimate of drug-likeness (QED) is 0.599. The molecule has 4 N–H and O–H groups in total. The number of unbranched alkanes of at least 4 members (excludes halogenated alkanes) is 1. The van der Waals surface area contributed by atoms with Crippen LogP contribution in [0.25, 0.3) is 0 Å². The standard InChI is InChI=1S/C7H13N3O2/c1-2-3-4-7(10,5-8)12-6(9)11/h2-4,10H2,1H3,(H2,9,11). The Morgan fingerprint density at radius 3 is 2.67 bits per heavy atom. The van der Waals surface area contributed by atoms with Crippen LogP contribution in [-0.4, -0.2) is 11.8 Å². The molecule has 0 fully saturated rings. The van der Waals surface area contributed by atoms with Gasteiger partial charge in [-0.15, -0.1) is 0 Å². The van der Waals surface area contributed by atoms with E-state index in [-0.39, 0.29) is 0 Å². The van der Waals surface area contributed by atoms with Gasteiger partial charge in [0.1, 0.15) is 6.07 Å². The fourth-order valence-electron chi connectivity index (χ4n) is 0.749. The van der Waals surface area contributed by atoms with Crippen LogP contribution in [0.4, 0.5) is 4.79 Å². The lowest BCUT2D eigenvalue weighted by molar-refractivity contribution is 0.0559. The third-order valence-corrected chi connectivity index (χ3v) is 1.37. The van der Waals surface area contributed by atoms with Crippen LogP contribution in [0.15, 0.2) is 0 Å². The SMILES string of the molecule is CCCCC(N)(C#N)OC(N)=O. The van der Waals surface area contributed by atoms with Gasteiger partial charge in [0.25, 0.3) is 5.72 Å². The number of hydrogen-bond acceptors (Lipinski definition) is 4. The number of primary amides is 1. The molecule has 0 radical (unpaired) electrons. The highest BCUT2D eigenvalue weighted by Crippen LogP contribution is 2.11. The number of nitrogens with two attached hydrogens (primary N) is 2. The van der Waals surface area contributed by atoms with E-state index in [0.717, 1.165) is 12.8 Å². The maximum atomic E-state index is 10.3. The summed E-state index contributed by atoms with van der Waals surface area (Å²) in [4.78, 5) is 10.3. The molecule has 0 aliphatic heterocycles. The minimum absolute atomic E-state index is 0.308. The third-order valence-electron chi connectivity index (χ3n) is 1.37. The van der Waals surface area contributed by atoms with E-state index < -0.39 is 11.8 Å². The molecule has 12 heavy (non-hydrogen) atoms. The Bertz CT molecular complexity index is 199. The van der Waals surface area contributed by atoms with Crippen LogP contribution < -0.4 is 11.5 Å². The fourth-order valence-corrected chi connectivity index (χ4v) is 0.749. The van der Waals surface area contributed by atoms with Gasteiger partial charge >= 0.3 is 6.09 Å². The molecule has 0 aromatic rings. The zero-order valence-electron chi connectivity index (χ0n) is 7.04. The van der Waals surface area contributed by atoms with Crippen molar-refractivity contribution in [2.45, 2.75) is 31.9 Å². The summed E-state index contributed by atoms with van der Waals surface area (Å²) in [5.41, 5.74) is 8.58. The molecule has 0 aromatic carbocycles. The van der Waals surface area contributed by atoms with Crippen LogP contribution in [0.1, 0.15) is 26.2 Å². The molecule has 0 saturated carbocycles. The van der Waals surface area contributed by atoms with Crippen LogP contribution in [-0.2, 0) is 4.74 Å². The Labute approximate surface area is 71.3 Å². The Morgan fingerprint density at radius 2 is 2.33 bits per heavy atom. The van der Waals surface area contributed by atoms with Crippen LogP contribution >= 0.6 is 0 Å². The average molecular weight is 171 g/mol. The monoisotopic (exact) mass is 171 g/mol. The van der Waals surface area contributed by atoms with E-state index in [1.165, 1.54) is 0 Å². The van der Waals surface area contributed by atoms with Crippen LogP contribution in [0.3, 0.4) is 0 Å². The van der Waals surface area contributed by atoms with Crippen molar-refractivity contribution in [1.29, 1.82) is 5.26 Å². The molecule has 0 saturated heterocycles. The second-order valence-corrected chi connectivity index (χ2v) is 2.53. The Balaban J connectivity index is 4.07. The molecule has 0 spiro atoms. The summed E-state index contributed by atoms with van der Waals surface area (Å²) in [6.07, 6.45) is 0.887. The molecule has 5 nitrogen and oxygen atoms in total. The molecule has 5 heteroatoms. The number of rotatable bonds is 4. The van der Waals surface area contributed by atoms with Crippen molar-refractivity contribution in [1.82, 2.24) is 0 Å². The van der Waals surface area contributed by atoms with Gasteiger partial charge in [0.15, 0.2) is 0 Å².